The highest BCUT2D eigenvalue weighted by atomic mass is 79.9. The molecule has 0 aliphatic carbocycles. The highest BCUT2D eigenvalue weighted by Gasteiger charge is 2.18. The average molecular weight is 453 g/mol. The molecule has 0 bridgehead atoms. The largest absolute Gasteiger partial charge is 0.493 e. The number of amides is 1. The molecule has 2 aromatic carbocycles. The van der Waals surface area contributed by atoms with Crippen molar-refractivity contribution in [3.63, 3.8) is 0 Å². The zero-order valence-corrected chi connectivity index (χ0v) is 17.0. The smallest absolute Gasteiger partial charge is 0.329 e. The maximum Gasteiger partial charge on any atom is 0.329 e. The number of allylic oxidation sites excluding steroid dienone is 1. The molecule has 3 N–H and O–H groups in total. The number of nitrogens with zero attached hydrogens (tertiary/aromatic N) is 2. The summed E-state index contributed by atoms with van der Waals surface area (Å²) >= 11 is 3.43. The van der Waals surface area contributed by atoms with E-state index < -0.39 is 11.6 Å². The number of anilines is 1. The lowest BCUT2D eigenvalue weighted by atomic mass is 10.1. The fourth-order valence-electron chi connectivity index (χ4n) is 3.13. The Kier molecular flexibility index (Phi) is 4.94. The lowest BCUT2D eigenvalue weighted by Crippen LogP contribution is -2.25. The first-order chi connectivity index (χ1) is 13.9. The molecule has 29 heavy (non-hydrogen) atoms. The highest BCUT2D eigenvalue weighted by Crippen LogP contribution is 2.35. The molecular formula is C21H17BrN4O3. The monoisotopic (exact) mass is 452 g/mol. The number of aromatic hydroxyl groups is 1. The van der Waals surface area contributed by atoms with E-state index >= 15 is 0 Å². The van der Waals surface area contributed by atoms with Crippen LogP contribution in [0.25, 0.3) is 11.6 Å². The molecule has 3 aromatic rings. The summed E-state index contributed by atoms with van der Waals surface area (Å²) in [7, 11) is 0. The number of nitrogens with one attached hydrogen (secondary N) is 2. The van der Waals surface area contributed by atoms with Crippen LogP contribution in [-0.2, 0) is 11.3 Å². The second-order valence-electron chi connectivity index (χ2n) is 6.69. The average Bonchev–Trinajstić information content (AvgIpc) is 3.17. The number of aliphatic imine (C=N–C) groups is 1. The van der Waals surface area contributed by atoms with Crippen LogP contribution in [0.3, 0.4) is 0 Å². The Morgan fingerprint density at radius 1 is 1.31 bits per heavy atom. The van der Waals surface area contributed by atoms with Crippen LogP contribution in [0.1, 0.15) is 16.8 Å². The molecule has 0 atom stereocenters. The van der Waals surface area contributed by atoms with Gasteiger partial charge in [0.15, 0.2) is 0 Å². The number of halogens is 1. The van der Waals surface area contributed by atoms with Crippen LogP contribution in [0, 0.1) is 6.92 Å². The van der Waals surface area contributed by atoms with Crippen molar-refractivity contribution >= 4 is 51.1 Å². The predicted octanol–water partition coefficient (Wildman–Crippen LogP) is 3.85. The molecule has 0 spiro atoms. The lowest BCUT2D eigenvalue weighted by Gasteiger charge is -2.07. The van der Waals surface area contributed by atoms with Crippen molar-refractivity contribution < 1.29 is 9.90 Å². The first-order valence-electron chi connectivity index (χ1n) is 8.85. The summed E-state index contributed by atoms with van der Waals surface area (Å²) in [6.45, 7) is 1.61. The Morgan fingerprint density at radius 3 is 2.93 bits per heavy atom. The zero-order chi connectivity index (χ0) is 20.5. The van der Waals surface area contributed by atoms with Crippen molar-refractivity contribution in [2.45, 2.75) is 13.5 Å². The molecule has 1 aliphatic heterocycles. The molecule has 0 radical (unpaired) electrons. The maximum atomic E-state index is 12.3. The minimum Gasteiger partial charge on any atom is -0.493 e. The van der Waals surface area contributed by atoms with Gasteiger partial charge in [-0.3, -0.25) is 14.4 Å². The van der Waals surface area contributed by atoms with E-state index in [4.69, 9.17) is 0 Å². The van der Waals surface area contributed by atoms with Crippen LogP contribution < -0.4 is 11.0 Å². The molecule has 0 fully saturated rings. The molecule has 8 heteroatoms. The van der Waals surface area contributed by atoms with E-state index in [1.165, 1.54) is 0 Å². The third kappa shape index (κ3) is 3.93. The summed E-state index contributed by atoms with van der Waals surface area (Å²) in [6.07, 6.45) is 3.30. The minimum absolute atomic E-state index is 0.215. The zero-order valence-electron chi connectivity index (χ0n) is 15.4. The fraction of sp³-hybridized carbons (Fsp3) is 0.0952. The second kappa shape index (κ2) is 7.56. The van der Waals surface area contributed by atoms with Gasteiger partial charge in [0.05, 0.1) is 5.69 Å². The van der Waals surface area contributed by atoms with Gasteiger partial charge in [-0.25, -0.2) is 4.79 Å². The molecule has 7 nitrogen and oxygen atoms in total. The molecule has 4 rings (SSSR count). The number of rotatable bonds is 4. The van der Waals surface area contributed by atoms with Crippen molar-refractivity contribution in [3.8, 4) is 5.88 Å². The summed E-state index contributed by atoms with van der Waals surface area (Å²) in [5, 5.41) is 13.2. The van der Waals surface area contributed by atoms with Gasteiger partial charge in [-0.15, -0.1) is 0 Å². The van der Waals surface area contributed by atoms with Crippen molar-refractivity contribution in [2.24, 2.45) is 4.99 Å². The van der Waals surface area contributed by atoms with Gasteiger partial charge >= 0.3 is 5.69 Å². The number of aromatic nitrogens is 2. The quantitative estimate of drug-likeness (QED) is 0.560. The molecule has 0 unspecified atom stereocenters. The number of hydrogen-bond acceptors (Lipinski definition) is 4. The van der Waals surface area contributed by atoms with Crippen LogP contribution in [0.5, 0.6) is 5.88 Å². The molecule has 1 amide bonds. The van der Waals surface area contributed by atoms with E-state index in [9.17, 15) is 14.7 Å². The summed E-state index contributed by atoms with van der Waals surface area (Å²) in [5.41, 5.74) is 3.70. The van der Waals surface area contributed by atoms with E-state index in [0.29, 0.717) is 5.69 Å². The number of aromatic amines is 1. The van der Waals surface area contributed by atoms with Gasteiger partial charge in [0, 0.05) is 27.5 Å². The lowest BCUT2D eigenvalue weighted by molar-refractivity contribution is -0.116. The number of H-pyrrole nitrogens is 1. The van der Waals surface area contributed by atoms with Crippen LogP contribution in [0.2, 0.25) is 0 Å². The molecule has 1 aromatic heterocycles. The number of carbonyl (C=O) groups excluding carboxylic acids is 1. The third-order valence-electron chi connectivity index (χ3n) is 4.50. The summed E-state index contributed by atoms with van der Waals surface area (Å²) in [4.78, 5) is 31.5. The van der Waals surface area contributed by atoms with Crippen LogP contribution in [-0.4, -0.2) is 26.8 Å². The highest BCUT2D eigenvalue weighted by molar-refractivity contribution is 9.10. The molecule has 0 saturated carbocycles. The molecule has 0 saturated heterocycles. The van der Waals surface area contributed by atoms with E-state index in [0.717, 1.165) is 31.4 Å². The van der Waals surface area contributed by atoms with Crippen LogP contribution in [0.4, 0.5) is 11.4 Å². The Hall–Kier alpha value is -3.39. The Balaban J connectivity index is 1.58. The van der Waals surface area contributed by atoms with E-state index in [2.05, 4.69) is 31.2 Å². The molecule has 146 valence electrons. The van der Waals surface area contributed by atoms with Crippen molar-refractivity contribution in [1.82, 2.24) is 9.55 Å². The van der Waals surface area contributed by atoms with Crippen LogP contribution >= 0.6 is 15.9 Å². The predicted molar refractivity (Wildman–Crippen MR) is 117 cm³/mol. The normalized spacial score (nSPS) is 13.7. The van der Waals surface area contributed by atoms with Crippen LogP contribution in [0.15, 0.2) is 56.7 Å². The Bertz CT molecular complexity index is 1240. The van der Waals surface area contributed by atoms with Gasteiger partial charge in [-0.1, -0.05) is 28.1 Å². The van der Waals surface area contributed by atoms with Crippen molar-refractivity contribution in [1.29, 1.82) is 0 Å². The number of carbonyl (C=O) groups is 1. The van der Waals surface area contributed by atoms with Crippen molar-refractivity contribution in [3.05, 3.63) is 74.2 Å². The SMILES string of the molecule is Cc1cccc(NC(=O)Cn2c(O)c(C=C3C=Nc4ccc(Br)cc43)[nH]c2=O)c1. The molecule has 1 aliphatic rings. The number of benzene rings is 2. The van der Waals surface area contributed by atoms with Gasteiger partial charge in [-0.05, 0) is 48.9 Å². The number of aryl methyl sites for hydroxylation is 1. The molecule has 2 heterocycles. The third-order valence-corrected chi connectivity index (χ3v) is 4.99. The summed E-state index contributed by atoms with van der Waals surface area (Å²) < 4.78 is 1.89. The standard InChI is InChI=1S/C21H17BrN4O3/c1-12-3-2-4-15(7-12)24-19(27)11-26-20(28)18(25-21(26)29)8-13-10-23-17-6-5-14(22)9-16(13)17/h2-10,28H,11H2,1H3,(H,24,27)(H,25,29). The second-order valence-corrected chi connectivity index (χ2v) is 7.61. The van der Waals surface area contributed by atoms with Gasteiger partial charge in [0.25, 0.3) is 0 Å². The van der Waals surface area contributed by atoms with Gasteiger partial charge in [0.2, 0.25) is 11.8 Å². The molecular weight excluding hydrogens is 436 g/mol. The van der Waals surface area contributed by atoms with Gasteiger partial charge < -0.3 is 15.4 Å². The topological polar surface area (TPSA) is 99.5 Å². The minimum atomic E-state index is -0.571. The Morgan fingerprint density at radius 2 is 2.14 bits per heavy atom. The van der Waals surface area contributed by atoms with E-state index in [1.54, 1.807) is 18.4 Å². The summed E-state index contributed by atoms with van der Waals surface area (Å²) in [6, 6.07) is 13.0. The number of imidazole rings is 1. The fourth-order valence-corrected chi connectivity index (χ4v) is 3.49. The van der Waals surface area contributed by atoms with E-state index in [1.807, 2.05) is 43.3 Å². The number of hydrogen-bond donors (Lipinski definition) is 3. The summed E-state index contributed by atoms with van der Waals surface area (Å²) in [5.74, 6) is -0.721. The first-order valence-corrected chi connectivity index (χ1v) is 9.64. The first kappa shape index (κ1) is 18.9. The van der Waals surface area contributed by atoms with Gasteiger partial charge in [-0.2, -0.15) is 0 Å². The maximum absolute atomic E-state index is 12.3. The van der Waals surface area contributed by atoms with E-state index in [-0.39, 0.29) is 18.1 Å². The van der Waals surface area contributed by atoms with Gasteiger partial charge in [0.1, 0.15) is 12.2 Å². The Labute approximate surface area is 174 Å². The van der Waals surface area contributed by atoms with Crippen molar-refractivity contribution in [2.75, 3.05) is 5.32 Å². The number of fused-ring (bicyclic) bond motifs is 1.